The molecule has 1 heterocycles. The van der Waals surface area contributed by atoms with Gasteiger partial charge in [-0.1, -0.05) is 41.5 Å². The van der Waals surface area contributed by atoms with E-state index in [0.29, 0.717) is 24.7 Å². The van der Waals surface area contributed by atoms with Crippen molar-refractivity contribution < 1.29 is 14.0 Å². The molecule has 0 N–H and O–H groups in total. The van der Waals surface area contributed by atoms with Gasteiger partial charge < -0.3 is 9.16 Å². The van der Waals surface area contributed by atoms with Gasteiger partial charge in [0.15, 0.2) is 14.1 Å². The van der Waals surface area contributed by atoms with Crippen LogP contribution in [0.2, 0.25) is 18.1 Å². The number of carbonyl (C=O) groups excluding carboxylic acids is 1. The fourth-order valence-electron chi connectivity index (χ4n) is 5.23. The van der Waals surface area contributed by atoms with Crippen LogP contribution in [-0.4, -0.2) is 26.8 Å². The van der Waals surface area contributed by atoms with Gasteiger partial charge in [0.2, 0.25) is 0 Å². The fourth-order valence-corrected chi connectivity index (χ4v) is 6.72. The van der Waals surface area contributed by atoms with Gasteiger partial charge in [0.05, 0.1) is 19.0 Å². The number of ketones is 1. The first-order valence-electron chi connectivity index (χ1n) is 9.83. The van der Waals surface area contributed by atoms with Gasteiger partial charge in [-0.2, -0.15) is 0 Å². The monoisotopic (exact) mass is 364 g/mol. The van der Waals surface area contributed by atoms with E-state index in [9.17, 15) is 4.79 Å². The minimum Gasteiger partial charge on any atom is -0.500 e. The Balaban J connectivity index is 1.90. The van der Waals surface area contributed by atoms with Crippen LogP contribution in [0.5, 0.6) is 0 Å². The van der Waals surface area contributed by atoms with Crippen molar-refractivity contribution in [1.82, 2.24) is 0 Å². The molecule has 0 aromatic carbocycles. The third-order valence-electron chi connectivity index (χ3n) is 8.07. The Kier molecular flexibility index (Phi) is 4.36. The molecule has 1 aliphatic heterocycles. The van der Waals surface area contributed by atoms with E-state index in [1.165, 1.54) is 0 Å². The number of hydrogen-bond acceptors (Lipinski definition) is 3. The number of fused-ring (bicyclic) bond motifs is 3. The Morgan fingerprint density at radius 3 is 2.48 bits per heavy atom. The van der Waals surface area contributed by atoms with Gasteiger partial charge in [-0.15, -0.1) is 0 Å². The van der Waals surface area contributed by atoms with Crippen LogP contribution in [0.4, 0.5) is 0 Å². The van der Waals surface area contributed by atoms with Gasteiger partial charge in [0.25, 0.3) is 0 Å². The lowest BCUT2D eigenvalue weighted by atomic mass is 9.47. The molecule has 4 heteroatoms. The highest BCUT2D eigenvalue weighted by atomic mass is 28.4. The van der Waals surface area contributed by atoms with Crippen molar-refractivity contribution in [2.24, 2.45) is 22.7 Å². The zero-order valence-electron chi connectivity index (χ0n) is 17.4. The normalized spacial score (nSPS) is 37.8. The predicted octanol–water partition coefficient (Wildman–Crippen LogP) is 5.32. The molecular weight excluding hydrogens is 328 g/mol. The zero-order valence-corrected chi connectivity index (χ0v) is 18.4. The molecule has 3 nitrogen and oxygen atoms in total. The Labute approximate surface area is 154 Å². The third-order valence-corrected chi connectivity index (χ3v) is 12.6. The van der Waals surface area contributed by atoms with Crippen LogP contribution in [0.3, 0.4) is 0 Å². The second-order valence-corrected chi connectivity index (χ2v) is 15.6. The van der Waals surface area contributed by atoms with Crippen LogP contribution in [-0.2, 0) is 14.0 Å². The Morgan fingerprint density at radius 2 is 1.88 bits per heavy atom. The SMILES string of the molecule is CC1(C)[C@@H](O[Si](C)(C)C(C)(C)C)CC[C@]2(C)[C@H]3COC=C3C(=O)C[C@@H]12. The average Bonchev–Trinajstić information content (AvgIpc) is 2.95. The lowest BCUT2D eigenvalue weighted by molar-refractivity contribution is -0.143. The second kappa shape index (κ2) is 5.69. The number of carbonyl (C=O) groups is 1. The highest BCUT2D eigenvalue weighted by Gasteiger charge is 2.60. The quantitative estimate of drug-likeness (QED) is 0.622. The molecule has 142 valence electrons. The lowest BCUT2D eigenvalue weighted by Crippen LogP contribution is -2.59. The van der Waals surface area contributed by atoms with Crippen molar-refractivity contribution in [3.63, 3.8) is 0 Å². The van der Waals surface area contributed by atoms with Crippen molar-refractivity contribution >= 4 is 14.1 Å². The summed E-state index contributed by atoms with van der Waals surface area (Å²) < 4.78 is 12.5. The average molecular weight is 365 g/mol. The highest BCUT2D eigenvalue weighted by molar-refractivity contribution is 6.74. The summed E-state index contributed by atoms with van der Waals surface area (Å²) in [4.78, 5) is 12.7. The first-order chi connectivity index (χ1) is 11.3. The topological polar surface area (TPSA) is 35.5 Å². The maximum absolute atomic E-state index is 12.7. The summed E-state index contributed by atoms with van der Waals surface area (Å²) in [6.45, 7) is 19.3. The maximum atomic E-state index is 12.7. The van der Waals surface area contributed by atoms with Crippen LogP contribution in [0, 0.1) is 22.7 Å². The van der Waals surface area contributed by atoms with E-state index in [-0.39, 0.29) is 27.9 Å². The van der Waals surface area contributed by atoms with Gasteiger partial charge in [-0.25, -0.2) is 0 Å². The summed E-state index contributed by atoms with van der Waals surface area (Å²) >= 11 is 0. The van der Waals surface area contributed by atoms with E-state index in [1.54, 1.807) is 6.26 Å². The summed E-state index contributed by atoms with van der Waals surface area (Å²) in [5.74, 6) is 0.928. The summed E-state index contributed by atoms with van der Waals surface area (Å²) in [7, 11) is -1.83. The van der Waals surface area contributed by atoms with E-state index in [0.717, 1.165) is 18.4 Å². The molecule has 4 atom stereocenters. The van der Waals surface area contributed by atoms with Crippen LogP contribution < -0.4 is 0 Å². The summed E-state index contributed by atoms with van der Waals surface area (Å²) in [5.41, 5.74) is 1.10. The van der Waals surface area contributed by atoms with Gasteiger partial charge in [-0.3, -0.25) is 4.79 Å². The smallest absolute Gasteiger partial charge is 0.192 e. The van der Waals surface area contributed by atoms with Crippen molar-refractivity contribution in [1.29, 1.82) is 0 Å². The zero-order chi connectivity index (χ0) is 18.8. The molecule has 0 bridgehead atoms. The number of ether oxygens (including phenoxy) is 1. The predicted molar refractivity (Wildman–Crippen MR) is 104 cm³/mol. The molecule has 25 heavy (non-hydrogen) atoms. The van der Waals surface area contributed by atoms with Gasteiger partial charge in [0.1, 0.15) is 0 Å². The van der Waals surface area contributed by atoms with Gasteiger partial charge >= 0.3 is 0 Å². The highest BCUT2D eigenvalue weighted by Crippen LogP contribution is 2.62. The van der Waals surface area contributed by atoms with E-state index in [4.69, 9.17) is 9.16 Å². The van der Waals surface area contributed by atoms with E-state index in [1.807, 2.05) is 0 Å². The van der Waals surface area contributed by atoms with Crippen LogP contribution in [0.15, 0.2) is 11.8 Å². The number of rotatable bonds is 2. The molecule has 3 aliphatic rings. The molecule has 0 saturated heterocycles. The fraction of sp³-hybridized carbons (Fsp3) is 0.857. The van der Waals surface area contributed by atoms with Crippen molar-refractivity contribution in [2.45, 2.75) is 85.0 Å². The number of Topliss-reactive ketones (excluding diaryl/α,β-unsaturated/α-hetero) is 1. The summed E-state index contributed by atoms with van der Waals surface area (Å²) in [6, 6.07) is 0. The summed E-state index contributed by atoms with van der Waals surface area (Å²) in [6.07, 6.45) is 4.84. The third kappa shape index (κ3) is 2.84. The number of hydrogen-bond donors (Lipinski definition) is 0. The second-order valence-electron chi connectivity index (χ2n) is 10.9. The van der Waals surface area contributed by atoms with E-state index >= 15 is 0 Å². The molecule has 0 unspecified atom stereocenters. The molecule has 2 saturated carbocycles. The Hall–Kier alpha value is -0.613. The van der Waals surface area contributed by atoms with E-state index in [2.05, 4.69) is 54.6 Å². The van der Waals surface area contributed by atoms with E-state index < -0.39 is 8.32 Å². The van der Waals surface area contributed by atoms with Gasteiger partial charge in [-0.05, 0) is 47.7 Å². The van der Waals surface area contributed by atoms with Crippen molar-refractivity contribution in [2.75, 3.05) is 6.61 Å². The summed E-state index contributed by atoms with van der Waals surface area (Å²) in [5, 5.41) is 0.210. The molecular formula is C21H36O3Si. The van der Waals surface area contributed by atoms with Crippen LogP contribution in [0.1, 0.15) is 60.8 Å². The standard InChI is InChI=1S/C21H36O3Si/c1-19(2,3)25(7,8)24-18-9-10-21(6)15-13-23-12-14(15)16(22)11-17(21)20(18,4)5/h12,15,17-18H,9-11,13H2,1-8H3/t15-,17-,18-,21+/m0/s1. The molecule has 2 aliphatic carbocycles. The van der Waals surface area contributed by atoms with Gasteiger partial charge in [0, 0.05) is 17.9 Å². The minimum absolute atomic E-state index is 0.00625. The molecule has 0 radical (unpaired) electrons. The minimum atomic E-state index is -1.83. The first kappa shape index (κ1) is 19.2. The molecule has 2 fully saturated rings. The molecule has 0 amide bonds. The largest absolute Gasteiger partial charge is 0.500 e. The molecule has 0 spiro atoms. The molecule has 0 aromatic rings. The maximum Gasteiger partial charge on any atom is 0.192 e. The van der Waals surface area contributed by atoms with Crippen LogP contribution >= 0.6 is 0 Å². The van der Waals surface area contributed by atoms with Crippen molar-refractivity contribution in [3.05, 3.63) is 11.8 Å². The Morgan fingerprint density at radius 1 is 1.24 bits per heavy atom. The van der Waals surface area contributed by atoms with Crippen LogP contribution in [0.25, 0.3) is 0 Å². The Bertz CT molecular complexity index is 599. The molecule has 3 rings (SSSR count). The first-order valence-corrected chi connectivity index (χ1v) is 12.7. The molecule has 0 aromatic heterocycles. The lowest BCUT2D eigenvalue weighted by Gasteiger charge is -2.60. The van der Waals surface area contributed by atoms with Crippen molar-refractivity contribution in [3.8, 4) is 0 Å².